The zero-order valence-corrected chi connectivity index (χ0v) is 18.3. The largest absolute Gasteiger partial charge is 0.325 e. The highest BCUT2D eigenvalue weighted by Gasteiger charge is 2.38. The zero-order chi connectivity index (χ0) is 21.5. The number of hydrogen-bond donors (Lipinski definition) is 3. The van der Waals surface area contributed by atoms with Gasteiger partial charge in [0.15, 0.2) is 0 Å². The van der Waals surface area contributed by atoms with E-state index >= 15 is 0 Å². The standard InChI is InChI=1S/C19H19ClFN5O2S2/c1-26-17(19(27)24-13-3-4-15(21)14(20)6-13)7-16(25-30(26,2)28)18-5-11(10-29-18)12-8-22-23-9-12/h3-6,8-10,16-17H,2,7H2,1H3,(H,22,23)(H,24,27)(H,25,28). The fraction of sp³-hybridized carbons (Fsp3) is 0.211. The van der Waals surface area contributed by atoms with E-state index in [2.05, 4.69) is 26.1 Å². The first kappa shape index (κ1) is 21.0. The van der Waals surface area contributed by atoms with Crippen molar-refractivity contribution in [3.63, 3.8) is 0 Å². The van der Waals surface area contributed by atoms with Crippen LogP contribution in [0.5, 0.6) is 0 Å². The van der Waals surface area contributed by atoms with Gasteiger partial charge in [0.05, 0.1) is 27.2 Å². The van der Waals surface area contributed by atoms with Crippen LogP contribution in [0, 0.1) is 5.82 Å². The van der Waals surface area contributed by atoms with E-state index in [4.69, 9.17) is 11.6 Å². The fourth-order valence-corrected chi connectivity index (χ4v) is 5.94. The topological polar surface area (TPSA) is 90.1 Å². The number of halogens is 2. The maximum absolute atomic E-state index is 13.4. The minimum absolute atomic E-state index is 0.0874. The average Bonchev–Trinajstić information content (AvgIpc) is 3.38. The van der Waals surface area contributed by atoms with Crippen LogP contribution in [0.3, 0.4) is 0 Å². The normalized spacial score (nSPS) is 24.6. The number of benzene rings is 1. The first-order valence-corrected chi connectivity index (χ1v) is 11.9. The van der Waals surface area contributed by atoms with E-state index in [1.165, 1.54) is 33.8 Å². The zero-order valence-electron chi connectivity index (χ0n) is 15.9. The molecule has 2 aromatic heterocycles. The number of carbonyl (C=O) groups is 1. The second-order valence-electron chi connectivity index (χ2n) is 6.95. The van der Waals surface area contributed by atoms with Crippen LogP contribution < -0.4 is 10.0 Å². The van der Waals surface area contributed by atoms with Crippen LogP contribution in [-0.4, -0.2) is 43.6 Å². The number of nitrogens with one attached hydrogen (secondary N) is 3. The molecule has 0 radical (unpaired) electrons. The molecular formula is C19H19ClFN5O2S2. The van der Waals surface area contributed by atoms with Crippen molar-refractivity contribution in [3.05, 3.63) is 57.8 Å². The number of hydrogen-bond acceptors (Lipinski definition) is 4. The number of rotatable bonds is 4. The summed E-state index contributed by atoms with van der Waals surface area (Å²) in [5, 5.41) is 11.4. The maximum atomic E-state index is 13.4. The van der Waals surface area contributed by atoms with Crippen molar-refractivity contribution in [3.8, 4) is 11.1 Å². The summed E-state index contributed by atoms with van der Waals surface area (Å²) in [5.74, 6) is 2.85. The third kappa shape index (κ3) is 4.14. The van der Waals surface area contributed by atoms with Gasteiger partial charge in [-0.1, -0.05) is 11.6 Å². The van der Waals surface area contributed by atoms with E-state index in [0.717, 1.165) is 16.0 Å². The summed E-state index contributed by atoms with van der Waals surface area (Å²) < 4.78 is 31.0. The predicted octanol–water partition coefficient (Wildman–Crippen LogP) is 3.45. The van der Waals surface area contributed by atoms with E-state index in [0.29, 0.717) is 12.1 Å². The molecular weight excluding hydrogens is 449 g/mol. The van der Waals surface area contributed by atoms with Gasteiger partial charge < -0.3 is 5.32 Å². The van der Waals surface area contributed by atoms with Crippen LogP contribution in [0.15, 0.2) is 42.0 Å². The Bertz CT molecular complexity index is 1180. The lowest BCUT2D eigenvalue weighted by Crippen LogP contribution is -2.55. The molecule has 1 aliphatic rings. The van der Waals surface area contributed by atoms with E-state index in [1.54, 1.807) is 19.4 Å². The van der Waals surface area contributed by atoms with Gasteiger partial charge in [0.25, 0.3) is 0 Å². The van der Waals surface area contributed by atoms with Crippen molar-refractivity contribution < 1.29 is 13.4 Å². The van der Waals surface area contributed by atoms with E-state index in [-0.39, 0.29) is 17.0 Å². The van der Waals surface area contributed by atoms with Gasteiger partial charge in [-0.3, -0.25) is 9.89 Å². The Balaban J connectivity index is 1.57. The van der Waals surface area contributed by atoms with Gasteiger partial charge in [0, 0.05) is 29.4 Å². The second kappa shape index (κ2) is 8.12. The minimum atomic E-state index is -2.88. The molecule has 7 nitrogen and oxygen atoms in total. The van der Waals surface area contributed by atoms with E-state index in [1.807, 2.05) is 11.4 Å². The molecule has 0 aliphatic carbocycles. The summed E-state index contributed by atoms with van der Waals surface area (Å²) in [7, 11) is -1.29. The number of amides is 1. The molecule has 1 fully saturated rings. The number of aromatic nitrogens is 2. The van der Waals surface area contributed by atoms with Crippen LogP contribution in [0.25, 0.3) is 11.1 Å². The fourth-order valence-electron chi connectivity index (χ4n) is 3.27. The molecule has 0 saturated carbocycles. The number of likely N-dealkylation sites (N-methyl/N-ethyl adjacent to an activating group) is 1. The number of H-pyrrole nitrogens is 1. The van der Waals surface area contributed by atoms with E-state index in [9.17, 15) is 13.4 Å². The maximum Gasteiger partial charge on any atom is 0.242 e. The molecule has 3 aromatic rings. The molecule has 1 amide bonds. The monoisotopic (exact) mass is 467 g/mol. The van der Waals surface area contributed by atoms with Gasteiger partial charge in [-0.05, 0) is 47.5 Å². The highest BCUT2D eigenvalue weighted by molar-refractivity contribution is 7.96. The summed E-state index contributed by atoms with van der Waals surface area (Å²) in [6.07, 6.45) is 3.90. The van der Waals surface area contributed by atoms with Crippen LogP contribution in [-0.2, 0) is 14.7 Å². The Hall–Kier alpha value is -2.24. The van der Waals surface area contributed by atoms with Gasteiger partial charge in [-0.15, -0.1) is 11.3 Å². The van der Waals surface area contributed by atoms with Gasteiger partial charge in [-0.25, -0.2) is 17.6 Å². The Morgan fingerprint density at radius 2 is 2.23 bits per heavy atom. The smallest absolute Gasteiger partial charge is 0.242 e. The number of aromatic amines is 1. The Kier molecular flexibility index (Phi) is 5.69. The average molecular weight is 468 g/mol. The van der Waals surface area contributed by atoms with Crippen molar-refractivity contribution in [1.29, 1.82) is 0 Å². The molecule has 11 heteroatoms. The number of anilines is 1. The number of thiophene rings is 1. The summed E-state index contributed by atoms with van der Waals surface area (Å²) in [5.41, 5.74) is 2.30. The van der Waals surface area contributed by atoms with Gasteiger partial charge in [0.2, 0.25) is 5.91 Å². The molecule has 1 saturated heterocycles. The number of carbonyl (C=O) groups excluding carboxylic acids is 1. The molecule has 0 bridgehead atoms. The summed E-state index contributed by atoms with van der Waals surface area (Å²) in [4.78, 5) is 13.9. The molecule has 3 atom stereocenters. The van der Waals surface area contributed by atoms with Crippen LogP contribution in [0.4, 0.5) is 10.1 Å². The second-order valence-corrected chi connectivity index (χ2v) is 10.4. The van der Waals surface area contributed by atoms with Crippen molar-refractivity contribution in [2.24, 2.45) is 0 Å². The molecule has 3 unspecified atom stereocenters. The molecule has 3 heterocycles. The molecule has 158 valence electrons. The summed E-state index contributed by atoms with van der Waals surface area (Å²) in [6, 6.07) is 4.92. The SMILES string of the molecule is C=S1(=O)NC(c2cc(-c3cn[nH]c3)cs2)CC(C(=O)Nc2ccc(F)c(Cl)c2)N1C. The lowest BCUT2D eigenvalue weighted by molar-refractivity contribution is -0.120. The summed E-state index contributed by atoms with van der Waals surface area (Å²) in [6.45, 7) is 0. The minimum Gasteiger partial charge on any atom is -0.325 e. The van der Waals surface area contributed by atoms with Crippen molar-refractivity contribution in [1.82, 2.24) is 19.2 Å². The van der Waals surface area contributed by atoms with Crippen LogP contribution in [0.2, 0.25) is 5.02 Å². The van der Waals surface area contributed by atoms with Crippen LogP contribution >= 0.6 is 22.9 Å². The van der Waals surface area contributed by atoms with Crippen LogP contribution in [0.1, 0.15) is 17.3 Å². The Morgan fingerprint density at radius 3 is 2.93 bits per heavy atom. The van der Waals surface area contributed by atoms with Crippen molar-refractivity contribution in [2.75, 3.05) is 12.4 Å². The Labute approximate surface area is 182 Å². The highest BCUT2D eigenvalue weighted by Crippen LogP contribution is 2.35. The third-order valence-corrected chi connectivity index (χ3v) is 8.15. The van der Waals surface area contributed by atoms with Gasteiger partial charge in [0.1, 0.15) is 11.9 Å². The summed E-state index contributed by atoms with van der Waals surface area (Å²) >= 11 is 7.31. The van der Waals surface area contributed by atoms with Gasteiger partial charge in [-0.2, -0.15) is 5.10 Å². The molecule has 3 N–H and O–H groups in total. The third-order valence-electron chi connectivity index (χ3n) is 4.97. The van der Waals surface area contributed by atoms with Crippen molar-refractivity contribution in [2.45, 2.75) is 18.5 Å². The first-order valence-electron chi connectivity index (χ1n) is 8.95. The number of nitrogens with zero attached hydrogens (tertiary/aromatic N) is 2. The first-order chi connectivity index (χ1) is 14.2. The molecule has 1 aliphatic heterocycles. The van der Waals surface area contributed by atoms with Gasteiger partial charge >= 0.3 is 0 Å². The Morgan fingerprint density at radius 1 is 1.43 bits per heavy atom. The molecule has 1 aromatic carbocycles. The highest BCUT2D eigenvalue weighted by atomic mass is 35.5. The van der Waals surface area contributed by atoms with E-state index < -0.39 is 21.8 Å². The molecule has 0 spiro atoms. The molecule has 30 heavy (non-hydrogen) atoms. The quantitative estimate of drug-likeness (QED) is 0.513. The van der Waals surface area contributed by atoms with Crippen molar-refractivity contribution >= 4 is 50.3 Å². The lowest BCUT2D eigenvalue weighted by Gasteiger charge is -2.39. The lowest BCUT2D eigenvalue weighted by atomic mass is 10.0. The predicted molar refractivity (Wildman–Crippen MR) is 119 cm³/mol. The molecule has 4 rings (SSSR count).